The van der Waals surface area contributed by atoms with Gasteiger partial charge in [-0.1, -0.05) is 66.1 Å². The molecule has 0 radical (unpaired) electrons. The van der Waals surface area contributed by atoms with Gasteiger partial charge in [-0.2, -0.15) is 0 Å². The van der Waals surface area contributed by atoms with Crippen LogP contribution in [0, 0.1) is 6.92 Å². The van der Waals surface area contributed by atoms with Crippen molar-refractivity contribution in [1.29, 1.82) is 0 Å². The van der Waals surface area contributed by atoms with Gasteiger partial charge in [0.1, 0.15) is 5.01 Å². The molecule has 5 heteroatoms. The standard InChI is InChI=1S/C21H21N3OS/c1-15-8-7-11-17(14-15)19-22-23-21(26-19)24(18-12-5-6-13-18)20(25)16-9-3-2-4-10-16/h2-4,7-11,14,18H,5-6,12-13H2,1H3. The van der Waals surface area contributed by atoms with Crippen LogP contribution in [-0.2, 0) is 0 Å². The van der Waals surface area contributed by atoms with Gasteiger partial charge in [-0.15, -0.1) is 10.2 Å². The van der Waals surface area contributed by atoms with Crippen molar-refractivity contribution in [2.24, 2.45) is 0 Å². The van der Waals surface area contributed by atoms with Gasteiger partial charge in [-0.25, -0.2) is 0 Å². The SMILES string of the molecule is Cc1cccc(-c2nnc(N(C(=O)c3ccccc3)C3CCCC3)s2)c1. The smallest absolute Gasteiger partial charge is 0.260 e. The molecule has 0 atom stereocenters. The first-order valence-corrected chi connectivity index (χ1v) is 9.83. The van der Waals surface area contributed by atoms with Crippen LogP contribution in [0.2, 0.25) is 0 Å². The number of hydrogen-bond acceptors (Lipinski definition) is 4. The Labute approximate surface area is 157 Å². The number of hydrogen-bond donors (Lipinski definition) is 0. The summed E-state index contributed by atoms with van der Waals surface area (Å²) in [6, 6.07) is 17.9. The van der Waals surface area contributed by atoms with Crippen molar-refractivity contribution in [2.45, 2.75) is 38.6 Å². The molecule has 0 saturated heterocycles. The molecule has 1 saturated carbocycles. The third-order valence-corrected chi connectivity index (χ3v) is 5.79. The summed E-state index contributed by atoms with van der Waals surface area (Å²) in [5.74, 6) is 0.0180. The molecule has 1 amide bonds. The quantitative estimate of drug-likeness (QED) is 0.647. The van der Waals surface area contributed by atoms with Crippen LogP contribution < -0.4 is 4.90 Å². The van der Waals surface area contributed by atoms with Gasteiger partial charge in [0.2, 0.25) is 5.13 Å². The Morgan fingerprint density at radius 1 is 1.04 bits per heavy atom. The molecule has 3 aromatic rings. The van der Waals surface area contributed by atoms with E-state index in [0.717, 1.165) is 36.3 Å². The Balaban J connectivity index is 1.69. The minimum atomic E-state index is 0.0180. The molecule has 132 valence electrons. The summed E-state index contributed by atoms with van der Waals surface area (Å²) in [7, 11) is 0. The predicted octanol–water partition coefficient (Wildman–Crippen LogP) is 5.10. The number of rotatable bonds is 4. The first kappa shape index (κ1) is 16.9. The third-order valence-electron chi connectivity index (χ3n) is 4.81. The number of aryl methyl sites for hydroxylation is 1. The lowest BCUT2D eigenvalue weighted by Gasteiger charge is -2.26. The zero-order chi connectivity index (χ0) is 17.9. The fourth-order valence-electron chi connectivity index (χ4n) is 3.50. The number of carbonyl (C=O) groups is 1. The highest BCUT2D eigenvalue weighted by Gasteiger charge is 2.31. The summed E-state index contributed by atoms with van der Waals surface area (Å²) < 4.78 is 0. The summed E-state index contributed by atoms with van der Waals surface area (Å²) in [6.07, 6.45) is 4.37. The lowest BCUT2D eigenvalue weighted by molar-refractivity contribution is 0.0976. The number of aromatic nitrogens is 2. The molecule has 0 aliphatic heterocycles. The number of nitrogens with zero attached hydrogens (tertiary/aromatic N) is 3. The minimum Gasteiger partial charge on any atom is -0.279 e. The zero-order valence-corrected chi connectivity index (χ0v) is 15.6. The Kier molecular flexibility index (Phi) is 4.80. The molecule has 0 N–H and O–H groups in total. The van der Waals surface area contributed by atoms with E-state index in [9.17, 15) is 4.79 Å². The fraction of sp³-hybridized carbons (Fsp3) is 0.286. The molecule has 0 spiro atoms. The summed E-state index contributed by atoms with van der Waals surface area (Å²) in [6.45, 7) is 2.06. The van der Waals surface area contributed by atoms with Gasteiger partial charge < -0.3 is 0 Å². The Morgan fingerprint density at radius 2 is 1.81 bits per heavy atom. The molecule has 2 aromatic carbocycles. The molecule has 1 aliphatic rings. The molecule has 0 unspecified atom stereocenters. The summed E-state index contributed by atoms with van der Waals surface area (Å²) in [4.78, 5) is 15.1. The monoisotopic (exact) mass is 363 g/mol. The first-order chi connectivity index (χ1) is 12.7. The van der Waals surface area contributed by atoms with Crippen molar-refractivity contribution in [3.05, 3.63) is 65.7 Å². The molecular weight excluding hydrogens is 342 g/mol. The normalized spacial score (nSPS) is 14.5. The van der Waals surface area contributed by atoms with Crippen molar-refractivity contribution in [2.75, 3.05) is 4.90 Å². The maximum Gasteiger partial charge on any atom is 0.260 e. The van der Waals surface area contributed by atoms with Crippen LogP contribution in [0.1, 0.15) is 41.6 Å². The number of benzene rings is 2. The topological polar surface area (TPSA) is 46.1 Å². The largest absolute Gasteiger partial charge is 0.279 e. The van der Waals surface area contributed by atoms with E-state index in [-0.39, 0.29) is 11.9 Å². The number of amides is 1. The van der Waals surface area contributed by atoms with Gasteiger partial charge in [-0.3, -0.25) is 9.69 Å². The maximum absolute atomic E-state index is 13.2. The van der Waals surface area contributed by atoms with E-state index in [1.165, 1.54) is 16.9 Å². The van der Waals surface area contributed by atoms with Crippen molar-refractivity contribution in [3.63, 3.8) is 0 Å². The van der Waals surface area contributed by atoms with Crippen molar-refractivity contribution in [1.82, 2.24) is 10.2 Å². The Hall–Kier alpha value is -2.53. The molecule has 26 heavy (non-hydrogen) atoms. The third kappa shape index (κ3) is 3.40. The Bertz CT molecular complexity index is 900. The zero-order valence-electron chi connectivity index (χ0n) is 14.8. The van der Waals surface area contributed by atoms with E-state index >= 15 is 0 Å². The highest BCUT2D eigenvalue weighted by atomic mass is 32.1. The number of carbonyl (C=O) groups excluding carboxylic acids is 1. The van der Waals surface area contributed by atoms with Crippen LogP contribution in [-0.4, -0.2) is 22.1 Å². The molecule has 4 rings (SSSR count). The van der Waals surface area contributed by atoms with E-state index < -0.39 is 0 Å². The van der Waals surface area contributed by atoms with Gasteiger partial charge >= 0.3 is 0 Å². The minimum absolute atomic E-state index is 0.0180. The molecule has 0 bridgehead atoms. The van der Waals surface area contributed by atoms with Crippen molar-refractivity contribution < 1.29 is 4.79 Å². The van der Waals surface area contributed by atoms with E-state index in [4.69, 9.17) is 0 Å². The van der Waals surface area contributed by atoms with Gasteiger partial charge in [0.15, 0.2) is 0 Å². The summed E-state index contributed by atoms with van der Waals surface area (Å²) in [5.41, 5.74) is 2.94. The van der Waals surface area contributed by atoms with Crippen molar-refractivity contribution in [3.8, 4) is 10.6 Å². The maximum atomic E-state index is 13.2. The number of anilines is 1. The average molecular weight is 363 g/mol. The van der Waals surface area contributed by atoms with E-state index in [1.807, 2.05) is 47.4 Å². The second-order valence-electron chi connectivity index (χ2n) is 6.74. The van der Waals surface area contributed by atoms with E-state index in [0.29, 0.717) is 10.7 Å². The van der Waals surface area contributed by atoms with E-state index in [2.05, 4.69) is 29.3 Å². The van der Waals surface area contributed by atoms with Crippen molar-refractivity contribution >= 4 is 22.4 Å². The molecule has 4 nitrogen and oxygen atoms in total. The van der Waals surface area contributed by atoms with Gasteiger partial charge in [0, 0.05) is 17.2 Å². The van der Waals surface area contributed by atoms with Crippen LogP contribution in [0.5, 0.6) is 0 Å². The summed E-state index contributed by atoms with van der Waals surface area (Å²) >= 11 is 1.50. The average Bonchev–Trinajstić information content (AvgIpc) is 3.35. The molecule has 1 heterocycles. The molecule has 1 fully saturated rings. The van der Waals surface area contributed by atoms with Crippen LogP contribution in [0.25, 0.3) is 10.6 Å². The highest BCUT2D eigenvalue weighted by molar-refractivity contribution is 7.18. The van der Waals surface area contributed by atoms with Gasteiger partial charge in [0.25, 0.3) is 5.91 Å². The van der Waals surface area contributed by atoms with Crippen LogP contribution in [0.15, 0.2) is 54.6 Å². The highest BCUT2D eigenvalue weighted by Crippen LogP contribution is 2.34. The predicted molar refractivity (Wildman–Crippen MR) is 106 cm³/mol. The first-order valence-electron chi connectivity index (χ1n) is 9.01. The molecular formula is C21H21N3OS. The Morgan fingerprint density at radius 3 is 2.54 bits per heavy atom. The van der Waals surface area contributed by atoms with Crippen LogP contribution in [0.4, 0.5) is 5.13 Å². The van der Waals surface area contributed by atoms with Crippen LogP contribution in [0.3, 0.4) is 0 Å². The lowest BCUT2D eigenvalue weighted by Crippen LogP contribution is -2.39. The fourth-order valence-corrected chi connectivity index (χ4v) is 4.41. The molecule has 1 aromatic heterocycles. The lowest BCUT2D eigenvalue weighted by atomic mass is 10.1. The van der Waals surface area contributed by atoms with Gasteiger partial charge in [-0.05, 0) is 38.0 Å². The second kappa shape index (κ2) is 7.38. The molecule has 1 aliphatic carbocycles. The second-order valence-corrected chi connectivity index (χ2v) is 7.69. The van der Waals surface area contributed by atoms with Crippen LogP contribution >= 0.6 is 11.3 Å². The summed E-state index contributed by atoms with van der Waals surface area (Å²) in [5, 5.41) is 10.3. The van der Waals surface area contributed by atoms with Gasteiger partial charge in [0.05, 0.1) is 0 Å². The van der Waals surface area contributed by atoms with E-state index in [1.54, 1.807) is 0 Å².